The second kappa shape index (κ2) is 6.71. The van der Waals surface area contributed by atoms with Crippen molar-refractivity contribution in [1.29, 1.82) is 0 Å². The molecule has 24 heavy (non-hydrogen) atoms. The average Bonchev–Trinajstić information content (AvgIpc) is 2.97. The van der Waals surface area contributed by atoms with Crippen molar-refractivity contribution in [3.63, 3.8) is 0 Å². The van der Waals surface area contributed by atoms with E-state index in [0.717, 1.165) is 5.56 Å². The maximum Gasteiger partial charge on any atom is 0.311 e. The summed E-state index contributed by atoms with van der Waals surface area (Å²) in [6.45, 7) is 0.434. The summed E-state index contributed by atoms with van der Waals surface area (Å²) >= 11 is 6.10. The van der Waals surface area contributed by atoms with Crippen LogP contribution in [-0.2, 0) is 22.5 Å². The Labute approximate surface area is 141 Å². The van der Waals surface area contributed by atoms with E-state index in [4.69, 9.17) is 11.6 Å². The highest BCUT2D eigenvalue weighted by Crippen LogP contribution is 2.15. The van der Waals surface area contributed by atoms with E-state index in [9.17, 15) is 9.59 Å². The van der Waals surface area contributed by atoms with E-state index in [1.807, 2.05) is 18.2 Å². The number of aromatic nitrogens is 4. The summed E-state index contributed by atoms with van der Waals surface area (Å²) in [4.78, 5) is 31.7. The van der Waals surface area contributed by atoms with Crippen molar-refractivity contribution in [1.82, 2.24) is 19.6 Å². The van der Waals surface area contributed by atoms with E-state index in [-0.39, 0.29) is 17.8 Å². The number of fused-ring (bicyclic) bond motifs is 1. The predicted molar refractivity (Wildman–Crippen MR) is 88.1 cm³/mol. The number of nitrogens with zero attached hydrogens (tertiary/aromatic N) is 3. The fourth-order valence-corrected chi connectivity index (χ4v) is 2.34. The van der Waals surface area contributed by atoms with Gasteiger partial charge in [-0.05, 0) is 11.6 Å². The quantitative estimate of drug-likeness (QED) is 0.676. The molecule has 0 amide bonds. The minimum atomic E-state index is -0.473. The topological polar surface area (TPSA) is 101 Å². The maximum absolute atomic E-state index is 12.1. The summed E-state index contributed by atoms with van der Waals surface area (Å²) in [5.74, 6) is 0.0663. The Hall–Kier alpha value is -2.87. The molecule has 2 heterocycles. The zero-order valence-electron chi connectivity index (χ0n) is 12.7. The number of ether oxygens (including phenoxy) is 1. The molecule has 2 aromatic heterocycles. The average molecular weight is 348 g/mol. The van der Waals surface area contributed by atoms with Gasteiger partial charge in [-0.3, -0.25) is 14.7 Å². The first-order valence-electron chi connectivity index (χ1n) is 7.09. The number of hydrogen-bond acceptors (Lipinski definition) is 6. The summed E-state index contributed by atoms with van der Waals surface area (Å²) < 4.78 is 5.76. The fourth-order valence-electron chi connectivity index (χ4n) is 2.14. The Kier molecular flexibility index (Phi) is 4.48. The number of esters is 1. The van der Waals surface area contributed by atoms with Gasteiger partial charge in [-0.2, -0.15) is 9.50 Å². The standard InChI is InChI=1S/C15H14ClN5O3/c1-24-13(23)7-10-6-12(22)21-15(18-10)19-14(20-21)17-8-9-4-2-3-5-11(9)16/h2-6H,7-8H2,1H3,(H2,17,18,19,20). The van der Waals surface area contributed by atoms with Gasteiger partial charge in [-0.1, -0.05) is 29.8 Å². The lowest BCUT2D eigenvalue weighted by atomic mass is 10.2. The zero-order valence-corrected chi connectivity index (χ0v) is 13.5. The Balaban J connectivity index is 1.83. The van der Waals surface area contributed by atoms with Crippen LogP contribution in [0.1, 0.15) is 11.3 Å². The minimum Gasteiger partial charge on any atom is -0.469 e. The summed E-state index contributed by atoms with van der Waals surface area (Å²) in [5.41, 5.74) is 0.833. The predicted octanol–water partition coefficient (Wildman–Crippen LogP) is 1.40. The molecular weight excluding hydrogens is 334 g/mol. The van der Waals surface area contributed by atoms with Crippen LogP contribution in [0.15, 0.2) is 35.1 Å². The number of anilines is 1. The third-order valence-corrected chi connectivity index (χ3v) is 3.71. The normalized spacial score (nSPS) is 10.8. The van der Waals surface area contributed by atoms with Gasteiger partial charge in [-0.25, -0.2) is 4.98 Å². The first-order valence-corrected chi connectivity index (χ1v) is 7.47. The van der Waals surface area contributed by atoms with Crippen molar-refractivity contribution in [2.45, 2.75) is 13.0 Å². The molecule has 9 heteroatoms. The number of hydrogen-bond donors (Lipinski definition) is 2. The van der Waals surface area contributed by atoms with Crippen molar-refractivity contribution in [3.8, 4) is 0 Å². The Morgan fingerprint density at radius 1 is 1.38 bits per heavy atom. The lowest BCUT2D eigenvalue weighted by Gasteiger charge is -2.04. The van der Waals surface area contributed by atoms with Crippen LogP contribution < -0.4 is 10.9 Å². The van der Waals surface area contributed by atoms with Gasteiger partial charge in [0.2, 0.25) is 5.95 Å². The Morgan fingerprint density at radius 3 is 2.92 bits per heavy atom. The van der Waals surface area contributed by atoms with Gasteiger partial charge in [0.1, 0.15) is 0 Å². The SMILES string of the molecule is COC(=O)Cc1cc(=O)n2[nH]c(NCc3ccccc3Cl)nc2n1. The van der Waals surface area contributed by atoms with Crippen LogP contribution in [0.4, 0.5) is 5.95 Å². The van der Waals surface area contributed by atoms with Crippen molar-refractivity contribution < 1.29 is 9.53 Å². The summed E-state index contributed by atoms with van der Waals surface area (Å²) in [6, 6.07) is 8.67. The highest BCUT2D eigenvalue weighted by molar-refractivity contribution is 6.31. The number of aromatic amines is 1. The van der Waals surface area contributed by atoms with Gasteiger partial charge in [0.05, 0.1) is 19.2 Å². The molecule has 0 spiro atoms. The number of H-pyrrole nitrogens is 1. The van der Waals surface area contributed by atoms with Crippen molar-refractivity contribution in [2.75, 3.05) is 12.4 Å². The highest BCUT2D eigenvalue weighted by atomic mass is 35.5. The lowest BCUT2D eigenvalue weighted by molar-refractivity contribution is -0.139. The van der Waals surface area contributed by atoms with Crippen molar-refractivity contribution in [3.05, 3.63) is 57.0 Å². The monoisotopic (exact) mass is 347 g/mol. The van der Waals surface area contributed by atoms with Gasteiger partial charge in [0.25, 0.3) is 11.3 Å². The van der Waals surface area contributed by atoms with E-state index >= 15 is 0 Å². The maximum atomic E-state index is 12.1. The van der Waals surface area contributed by atoms with Gasteiger partial charge in [-0.15, -0.1) is 0 Å². The van der Waals surface area contributed by atoms with Crippen LogP contribution >= 0.6 is 11.6 Å². The molecule has 1 aromatic carbocycles. The zero-order chi connectivity index (χ0) is 17.1. The molecular formula is C15H14ClN5O3. The molecule has 0 unspecified atom stereocenters. The molecule has 0 atom stereocenters. The molecule has 2 N–H and O–H groups in total. The van der Waals surface area contributed by atoms with E-state index < -0.39 is 5.97 Å². The molecule has 0 saturated carbocycles. The van der Waals surface area contributed by atoms with Gasteiger partial charge >= 0.3 is 5.97 Å². The third kappa shape index (κ3) is 3.38. The van der Waals surface area contributed by atoms with Gasteiger partial charge in [0.15, 0.2) is 0 Å². The van der Waals surface area contributed by atoms with Crippen LogP contribution in [0.5, 0.6) is 0 Å². The third-order valence-electron chi connectivity index (χ3n) is 3.34. The Morgan fingerprint density at radius 2 is 2.17 bits per heavy atom. The number of nitrogens with one attached hydrogen (secondary N) is 2. The number of benzene rings is 1. The molecule has 3 aromatic rings. The lowest BCUT2D eigenvalue weighted by Crippen LogP contribution is -2.17. The molecule has 124 valence electrons. The van der Waals surface area contributed by atoms with E-state index in [2.05, 4.69) is 25.1 Å². The number of carbonyl (C=O) groups excluding carboxylic acids is 1. The van der Waals surface area contributed by atoms with Crippen molar-refractivity contribution in [2.24, 2.45) is 0 Å². The molecule has 3 rings (SSSR count). The van der Waals surface area contributed by atoms with Crippen LogP contribution in [0.25, 0.3) is 5.78 Å². The molecule has 0 aliphatic rings. The van der Waals surface area contributed by atoms with Crippen LogP contribution in [0.2, 0.25) is 5.02 Å². The van der Waals surface area contributed by atoms with Crippen LogP contribution in [0.3, 0.4) is 0 Å². The van der Waals surface area contributed by atoms with Crippen LogP contribution in [0, 0.1) is 0 Å². The second-order valence-corrected chi connectivity index (χ2v) is 5.40. The highest BCUT2D eigenvalue weighted by Gasteiger charge is 2.11. The molecule has 0 bridgehead atoms. The van der Waals surface area contributed by atoms with E-state index in [1.165, 1.54) is 17.7 Å². The second-order valence-electron chi connectivity index (χ2n) is 4.99. The van der Waals surface area contributed by atoms with E-state index in [0.29, 0.717) is 23.2 Å². The van der Waals surface area contributed by atoms with Gasteiger partial charge < -0.3 is 10.1 Å². The fraction of sp³-hybridized carbons (Fsp3) is 0.200. The largest absolute Gasteiger partial charge is 0.469 e. The molecule has 8 nitrogen and oxygen atoms in total. The summed E-state index contributed by atoms with van der Waals surface area (Å²) in [7, 11) is 1.28. The molecule has 0 aliphatic carbocycles. The van der Waals surface area contributed by atoms with Crippen molar-refractivity contribution >= 4 is 29.3 Å². The Bertz CT molecular complexity index is 950. The number of halogens is 1. The van der Waals surface area contributed by atoms with Gasteiger partial charge in [0, 0.05) is 17.6 Å². The minimum absolute atomic E-state index is 0.0858. The van der Waals surface area contributed by atoms with Crippen LogP contribution in [-0.4, -0.2) is 32.7 Å². The smallest absolute Gasteiger partial charge is 0.311 e. The number of carbonyl (C=O) groups is 1. The van der Waals surface area contributed by atoms with E-state index in [1.54, 1.807) is 6.07 Å². The molecule has 0 fully saturated rings. The summed E-state index contributed by atoms with van der Waals surface area (Å²) in [6.07, 6.45) is -0.0858. The first kappa shape index (κ1) is 16.0. The number of rotatable bonds is 5. The summed E-state index contributed by atoms with van der Waals surface area (Å²) in [5, 5.41) is 6.49. The molecule has 0 aliphatic heterocycles. The first-order chi connectivity index (χ1) is 11.6. The number of methoxy groups -OCH3 is 1. The molecule has 0 saturated heterocycles. The molecule has 0 radical (unpaired) electrons.